The number of nitriles is 1. The third-order valence-electron chi connectivity index (χ3n) is 8.86. The minimum Gasteiger partial charge on any atom is -0.507 e. The molecule has 2 bridgehead atoms. The van der Waals surface area contributed by atoms with Crippen molar-refractivity contribution in [2.45, 2.75) is 96.3 Å². The van der Waals surface area contributed by atoms with Crippen molar-refractivity contribution < 1.29 is 10.2 Å². The number of allylic oxidation sites excluding steroid dienone is 2. The maximum atomic E-state index is 11.1. The number of phenolic OH excluding ortho intramolecular Hbond substituents is 2. The third-order valence-corrected chi connectivity index (χ3v) is 8.86. The lowest BCUT2D eigenvalue weighted by Crippen LogP contribution is -2.50. The van der Waals surface area contributed by atoms with Gasteiger partial charge in [-0.05, 0) is 79.4 Å². The number of unbranched alkanes of at least 4 members (excludes halogenated alkanes) is 3. The quantitative estimate of drug-likeness (QED) is 0.374. The molecule has 0 heterocycles. The van der Waals surface area contributed by atoms with Gasteiger partial charge in [0, 0.05) is 17.9 Å². The van der Waals surface area contributed by atoms with Crippen LogP contribution in [0.1, 0.15) is 102 Å². The Morgan fingerprint density at radius 2 is 1.73 bits per heavy atom. The van der Waals surface area contributed by atoms with E-state index in [4.69, 9.17) is 5.26 Å². The number of benzene rings is 1. The first kappa shape index (κ1) is 21.3. The van der Waals surface area contributed by atoms with Gasteiger partial charge in [-0.3, -0.25) is 0 Å². The van der Waals surface area contributed by atoms with Gasteiger partial charge in [0.25, 0.3) is 0 Å². The van der Waals surface area contributed by atoms with Gasteiger partial charge in [0.2, 0.25) is 0 Å². The molecule has 0 amide bonds. The van der Waals surface area contributed by atoms with Crippen LogP contribution in [0, 0.1) is 28.6 Å². The second-order valence-corrected chi connectivity index (χ2v) is 10.8. The number of hydrogen-bond acceptors (Lipinski definition) is 3. The molecule has 4 aliphatic rings. The van der Waals surface area contributed by atoms with E-state index in [1.165, 1.54) is 18.4 Å². The molecule has 5 rings (SSSR count). The average molecular weight is 408 g/mol. The van der Waals surface area contributed by atoms with Gasteiger partial charge in [0.1, 0.15) is 11.5 Å². The van der Waals surface area contributed by atoms with Crippen molar-refractivity contribution in [3.05, 3.63) is 34.9 Å². The normalized spacial score (nSPS) is 28.5. The lowest BCUT2D eigenvalue weighted by Gasteiger charge is -2.59. The second kappa shape index (κ2) is 7.95. The van der Waals surface area contributed by atoms with Gasteiger partial charge in [-0.25, -0.2) is 0 Å². The van der Waals surface area contributed by atoms with E-state index >= 15 is 0 Å². The lowest BCUT2D eigenvalue weighted by molar-refractivity contribution is -0.0198. The standard InChI is InChI=1S/C27H37NO2/c1-18-14-20(22-17-21(18)26(22,2)3)25-23(29)15-19(16-24(25)30)27(11-7-8-12-27)10-6-4-5-9-13-28/h14-16,20-22,29-30H,4-12,17H2,1-3H3/t20-,21+,22-/m0/s1. The minimum absolute atomic E-state index is 0.0687. The monoisotopic (exact) mass is 407 g/mol. The highest BCUT2D eigenvalue weighted by Crippen LogP contribution is 2.65. The summed E-state index contributed by atoms with van der Waals surface area (Å²) < 4.78 is 0. The molecule has 3 heteroatoms. The van der Waals surface area contributed by atoms with Crippen molar-refractivity contribution in [2.75, 3.05) is 0 Å². The van der Waals surface area contributed by atoms with Gasteiger partial charge >= 0.3 is 0 Å². The first-order valence-electron chi connectivity index (χ1n) is 11.9. The number of phenols is 2. The molecule has 2 saturated carbocycles. The Morgan fingerprint density at radius 3 is 2.30 bits per heavy atom. The highest BCUT2D eigenvalue weighted by molar-refractivity contribution is 5.54. The molecule has 0 radical (unpaired) electrons. The molecular weight excluding hydrogens is 370 g/mol. The van der Waals surface area contributed by atoms with Crippen LogP contribution in [0.2, 0.25) is 0 Å². The van der Waals surface area contributed by atoms with Gasteiger partial charge in [0.15, 0.2) is 0 Å². The highest BCUT2D eigenvalue weighted by Gasteiger charge is 2.55. The molecule has 0 aliphatic heterocycles. The fourth-order valence-electron chi connectivity index (χ4n) is 6.99. The summed E-state index contributed by atoms with van der Waals surface area (Å²) in [5.74, 6) is 1.77. The number of rotatable bonds is 7. The van der Waals surface area contributed by atoms with E-state index in [2.05, 4.69) is 32.9 Å². The highest BCUT2D eigenvalue weighted by atomic mass is 16.3. The van der Waals surface area contributed by atoms with Crippen molar-refractivity contribution in [3.63, 3.8) is 0 Å². The summed E-state index contributed by atoms with van der Waals surface area (Å²) >= 11 is 0. The molecule has 162 valence electrons. The van der Waals surface area contributed by atoms with E-state index in [1.807, 2.05) is 12.1 Å². The summed E-state index contributed by atoms with van der Waals surface area (Å²) in [4.78, 5) is 0. The van der Waals surface area contributed by atoms with Gasteiger partial charge in [-0.1, -0.05) is 51.2 Å². The number of nitrogens with zero attached hydrogens (tertiary/aromatic N) is 1. The molecule has 1 aromatic rings. The van der Waals surface area contributed by atoms with Crippen LogP contribution in [0.25, 0.3) is 0 Å². The summed E-state index contributed by atoms with van der Waals surface area (Å²) in [7, 11) is 0. The van der Waals surface area contributed by atoms with Crippen molar-refractivity contribution in [2.24, 2.45) is 17.3 Å². The molecule has 0 spiro atoms. The molecule has 1 aromatic carbocycles. The van der Waals surface area contributed by atoms with Crippen LogP contribution in [0.15, 0.2) is 23.8 Å². The van der Waals surface area contributed by atoms with Gasteiger partial charge in [-0.2, -0.15) is 5.26 Å². The summed E-state index contributed by atoms with van der Waals surface area (Å²) in [5, 5.41) is 31.0. The van der Waals surface area contributed by atoms with Crippen molar-refractivity contribution in [1.29, 1.82) is 5.26 Å². The zero-order valence-corrected chi connectivity index (χ0v) is 18.9. The summed E-state index contributed by atoms with van der Waals surface area (Å²) in [6, 6.07) is 6.17. The maximum Gasteiger partial charge on any atom is 0.123 e. The van der Waals surface area contributed by atoms with E-state index in [0.29, 0.717) is 18.3 Å². The van der Waals surface area contributed by atoms with E-state index < -0.39 is 0 Å². The summed E-state index contributed by atoms with van der Waals surface area (Å²) in [5.41, 5.74) is 3.55. The van der Waals surface area contributed by atoms with Crippen LogP contribution >= 0.6 is 0 Å². The summed E-state index contributed by atoms with van der Waals surface area (Å²) in [6.07, 6.45) is 13.0. The first-order chi connectivity index (χ1) is 14.3. The maximum absolute atomic E-state index is 11.1. The smallest absolute Gasteiger partial charge is 0.123 e. The van der Waals surface area contributed by atoms with Crippen molar-refractivity contribution in [1.82, 2.24) is 0 Å². The minimum atomic E-state index is 0.0687. The molecule has 0 unspecified atom stereocenters. The molecule has 0 saturated heterocycles. The van der Waals surface area contributed by atoms with Crippen LogP contribution in [0.3, 0.4) is 0 Å². The third kappa shape index (κ3) is 3.43. The van der Waals surface area contributed by atoms with Crippen LogP contribution in [-0.2, 0) is 5.41 Å². The molecule has 4 aliphatic carbocycles. The van der Waals surface area contributed by atoms with Crippen molar-refractivity contribution in [3.8, 4) is 17.6 Å². The molecular formula is C27H37NO2. The number of fused-ring (bicyclic) bond motifs is 1. The number of aromatic hydroxyl groups is 2. The Hall–Kier alpha value is -1.95. The SMILES string of the molecule is CC1=C[C@H](c2c(O)cc(C3(CCCCCC#N)CCCC3)cc2O)[C@@H]2C[C@H]1C2(C)C. The second-order valence-electron chi connectivity index (χ2n) is 10.8. The predicted octanol–water partition coefficient (Wildman–Crippen LogP) is 7.09. The van der Waals surface area contributed by atoms with Crippen LogP contribution < -0.4 is 0 Å². The Labute approximate surface area is 181 Å². The zero-order valence-electron chi connectivity index (χ0n) is 18.9. The molecule has 30 heavy (non-hydrogen) atoms. The fraction of sp³-hybridized carbons (Fsp3) is 0.667. The predicted molar refractivity (Wildman–Crippen MR) is 120 cm³/mol. The number of hydrogen-bond donors (Lipinski definition) is 2. The van der Waals surface area contributed by atoms with Crippen LogP contribution in [0.5, 0.6) is 11.5 Å². The van der Waals surface area contributed by atoms with Crippen molar-refractivity contribution >= 4 is 0 Å². The fourth-order valence-corrected chi connectivity index (χ4v) is 6.99. The molecule has 3 nitrogen and oxygen atoms in total. The average Bonchev–Trinajstić information content (AvgIpc) is 3.16. The molecule has 2 fully saturated rings. The van der Waals surface area contributed by atoms with Crippen LogP contribution in [0.4, 0.5) is 0 Å². The van der Waals surface area contributed by atoms with Crippen LogP contribution in [-0.4, -0.2) is 10.2 Å². The summed E-state index contributed by atoms with van der Waals surface area (Å²) in [6.45, 7) is 6.87. The zero-order chi connectivity index (χ0) is 21.5. The van der Waals surface area contributed by atoms with E-state index in [1.54, 1.807) is 0 Å². The first-order valence-corrected chi connectivity index (χ1v) is 11.9. The molecule has 0 aromatic heterocycles. The lowest BCUT2D eigenvalue weighted by atomic mass is 9.45. The van der Waals surface area contributed by atoms with Gasteiger partial charge < -0.3 is 10.2 Å². The largest absolute Gasteiger partial charge is 0.507 e. The van der Waals surface area contributed by atoms with E-state index in [0.717, 1.165) is 56.1 Å². The topological polar surface area (TPSA) is 64.2 Å². The molecule has 3 atom stereocenters. The van der Waals surface area contributed by atoms with Gasteiger partial charge in [-0.15, -0.1) is 0 Å². The van der Waals surface area contributed by atoms with E-state index in [-0.39, 0.29) is 28.2 Å². The Bertz CT molecular complexity index is 846. The Balaban J connectivity index is 1.61. The Kier molecular flexibility index (Phi) is 5.64. The van der Waals surface area contributed by atoms with E-state index in [9.17, 15) is 10.2 Å². The Morgan fingerprint density at radius 1 is 1.07 bits per heavy atom. The molecule has 2 N–H and O–H groups in total. The van der Waals surface area contributed by atoms with Gasteiger partial charge in [0.05, 0.1) is 6.07 Å².